The molecule has 5 nitrogen and oxygen atoms in total. The van der Waals surface area contributed by atoms with Crippen molar-refractivity contribution >= 4 is 0 Å². The Morgan fingerprint density at radius 1 is 1.18 bits per heavy atom. The van der Waals surface area contributed by atoms with E-state index in [9.17, 15) is 0 Å². The molecule has 11 heavy (non-hydrogen) atoms. The van der Waals surface area contributed by atoms with Crippen molar-refractivity contribution in [1.29, 1.82) is 0 Å². The monoisotopic (exact) mass is 162 g/mol. The molecule has 0 saturated heterocycles. The maximum atomic E-state index is 8.25. The topological polar surface area (TPSA) is 93.8 Å². The maximum Gasteiger partial charge on any atom is 0.0843 e. The summed E-state index contributed by atoms with van der Waals surface area (Å²) >= 11 is 0. The molecule has 3 N–H and O–H groups in total. The Morgan fingerprint density at radius 3 is 1.73 bits per heavy atom. The van der Waals surface area contributed by atoms with Crippen LogP contribution in [0.5, 0.6) is 0 Å². The molecule has 1 rings (SSSR count). The van der Waals surface area contributed by atoms with E-state index in [0.717, 1.165) is 6.04 Å². The first kappa shape index (κ1) is 10.2. The highest BCUT2D eigenvalue weighted by Crippen LogP contribution is 2.13. The average molecular weight is 162 g/mol. The molecule has 0 aliphatic heterocycles. The van der Waals surface area contributed by atoms with Gasteiger partial charge in [-0.15, -0.1) is 0 Å². The van der Waals surface area contributed by atoms with Gasteiger partial charge in [-0.3, -0.25) is 0 Å². The largest absolute Gasteiger partial charge is 0.356 e. The van der Waals surface area contributed by atoms with Crippen molar-refractivity contribution in [3.63, 3.8) is 0 Å². The van der Waals surface area contributed by atoms with E-state index in [1.54, 1.807) is 0 Å². The number of hydrogen-bond acceptors (Lipinski definition) is 3. The number of rotatable bonds is 0. The van der Waals surface area contributed by atoms with Crippen molar-refractivity contribution < 1.29 is 10.8 Å². The third kappa shape index (κ3) is 9.16. The van der Waals surface area contributed by atoms with Crippen molar-refractivity contribution in [2.24, 2.45) is 0 Å². The van der Waals surface area contributed by atoms with E-state index >= 15 is 0 Å². The standard InChI is InChI=1S/C6H13N.NO3/c7-6-4-2-1-3-5-6;2-1(3)4/h6H,1-5,7H2;/q;-1/p+1. The quantitative estimate of drug-likeness (QED) is 0.410. The highest BCUT2D eigenvalue weighted by atomic mass is 16.9. The molecule has 1 saturated carbocycles. The van der Waals surface area contributed by atoms with Crippen LogP contribution < -0.4 is 5.73 Å². The van der Waals surface area contributed by atoms with E-state index < -0.39 is 5.09 Å². The van der Waals surface area contributed by atoms with Crippen LogP contribution >= 0.6 is 0 Å². The fraction of sp³-hybridized carbons (Fsp3) is 1.00. The lowest BCUT2D eigenvalue weighted by Crippen LogP contribution is -2.61. The van der Waals surface area contributed by atoms with E-state index in [0.29, 0.717) is 0 Å². The summed E-state index contributed by atoms with van der Waals surface area (Å²) in [5.74, 6) is 0. The molecule has 1 aliphatic carbocycles. The van der Waals surface area contributed by atoms with Crippen LogP contribution in [0.1, 0.15) is 32.1 Å². The van der Waals surface area contributed by atoms with E-state index in [1.807, 2.05) is 0 Å². The first-order chi connectivity index (χ1) is 5.13. The normalized spacial score (nSPS) is 18.3. The Labute approximate surface area is 65.3 Å². The summed E-state index contributed by atoms with van der Waals surface area (Å²) < 4.78 is 0. The molecule has 66 valence electrons. The lowest BCUT2D eigenvalue weighted by Gasteiger charge is -2.12. The summed E-state index contributed by atoms with van der Waals surface area (Å²) in [7, 11) is 0. The third-order valence-corrected chi connectivity index (χ3v) is 1.72. The lowest BCUT2D eigenvalue weighted by molar-refractivity contribution is -0.425. The van der Waals surface area contributed by atoms with Crippen LogP contribution in [0.15, 0.2) is 0 Å². The van der Waals surface area contributed by atoms with Crippen LogP contribution in [0.25, 0.3) is 0 Å². The summed E-state index contributed by atoms with van der Waals surface area (Å²) in [5, 5.41) is 14.8. The van der Waals surface area contributed by atoms with Gasteiger partial charge in [0, 0.05) is 0 Å². The molecular formula is C6H14N2O3. The van der Waals surface area contributed by atoms with Gasteiger partial charge in [-0.1, -0.05) is 6.42 Å². The summed E-state index contributed by atoms with van der Waals surface area (Å²) in [6.07, 6.45) is 7.05. The first-order valence-electron chi connectivity index (χ1n) is 3.77. The SMILES string of the molecule is O=[N+]([O-])[O-].[NH3+]C1CCCCC1. The van der Waals surface area contributed by atoms with E-state index in [2.05, 4.69) is 5.73 Å². The van der Waals surface area contributed by atoms with E-state index in [1.165, 1.54) is 32.1 Å². The Morgan fingerprint density at radius 2 is 1.55 bits per heavy atom. The number of hydrogen-bond donors (Lipinski definition) is 1. The number of nitrogens with zero attached hydrogens (tertiary/aromatic N) is 1. The van der Waals surface area contributed by atoms with Crippen LogP contribution in [0.4, 0.5) is 0 Å². The highest BCUT2D eigenvalue weighted by molar-refractivity contribution is 4.60. The highest BCUT2D eigenvalue weighted by Gasteiger charge is 2.09. The second kappa shape index (κ2) is 5.91. The summed E-state index contributed by atoms with van der Waals surface area (Å²) in [6.45, 7) is 0. The molecule has 0 aromatic carbocycles. The molecule has 1 aliphatic rings. The Kier molecular flexibility index (Phi) is 5.46. The van der Waals surface area contributed by atoms with Gasteiger partial charge in [0.25, 0.3) is 0 Å². The van der Waals surface area contributed by atoms with Crippen molar-refractivity contribution in [3.8, 4) is 0 Å². The van der Waals surface area contributed by atoms with Gasteiger partial charge >= 0.3 is 0 Å². The summed E-state index contributed by atoms with van der Waals surface area (Å²) in [5.41, 5.74) is 4.00. The molecule has 0 spiro atoms. The smallest absolute Gasteiger partial charge is 0.0843 e. The lowest BCUT2D eigenvalue weighted by atomic mass is 9.97. The van der Waals surface area contributed by atoms with Gasteiger partial charge in [-0.05, 0) is 25.7 Å². The molecule has 0 heterocycles. The fourth-order valence-electron chi connectivity index (χ4n) is 1.19. The molecule has 1 fully saturated rings. The Hall–Kier alpha value is -0.840. The van der Waals surface area contributed by atoms with Crippen LogP contribution in [0.3, 0.4) is 0 Å². The third-order valence-electron chi connectivity index (χ3n) is 1.72. The molecule has 0 aromatic rings. The fourth-order valence-corrected chi connectivity index (χ4v) is 1.19. The first-order valence-corrected chi connectivity index (χ1v) is 3.77. The Bertz CT molecular complexity index is 108. The van der Waals surface area contributed by atoms with Crippen molar-refractivity contribution in [3.05, 3.63) is 15.3 Å². The van der Waals surface area contributed by atoms with E-state index in [4.69, 9.17) is 15.3 Å². The van der Waals surface area contributed by atoms with Gasteiger partial charge in [0.15, 0.2) is 0 Å². The zero-order valence-electron chi connectivity index (χ0n) is 6.49. The van der Waals surface area contributed by atoms with Crippen molar-refractivity contribution in [2.45, 2.75) is 38.1 Å². The van der Waals surface area contributed by atoms with Gasteiger partial charge in [0.1, 0.15) is 0 Å². The zero-order chi connectivity index (χ0) is 8.69. The van der Waals surface area contributed by atoms with Crippen LogP contribution in [0.2, 0.25) is 0 Å². The minimum atomic E-state index is -1.75. The van der Waals surface area contributed by atoms with Crippen molar-refractivity contribution in [1.82, 2.24) is 0 Å². The number of quaternary nitrogens is 1. The zero-order valence-corrected chi connectivity index (χ0v) is 6.49. The predicted molar refractivity (Wildman–Crippen MR) is 40.1 cm³/mol. The predicted octanol–water partition coefficient (Wildman–Crippen LogP) is 0.322. The summed E-state index contributed by atoms with van der Waals surface area (Å²) in [6, 6.07) is 0.786. The molecule has 0 aromatic heterocycles. The van der Waals surface area contributed by atoms with Gasteiger partial charge in [-0.2, -0.15) is 0 Å². The molecule has 0 unspecified atom stereocenters. The van der Waals surface area contributed by atoms with Crippen molar-refractivity contribution in [2.75, 3.05) is 0 Å². The van der Waals surface area contributed by atoms with Crippen LogP contribution in [0, 0.1) is 15.3 Å². The van der Waals surface area contributed by atoms with Crippen LogP contribution in [-0.2, 0) is 0 Å². The van der Waals surface area contributed by atoms with Gasteiger partial charge in [-0.25, -0.2) is 0 Å². The molecule has 0 radical (unpaired) electrons. The van der Waals surface area contributed by atoms with Gasteiger partial charge < -0.3 is 21.1 Å². The molecular weight excluding hydrogens is 148 g/mol. The molecule has 0 bridgehead atoms. The van der Waals surface area contributed by atoms with Crippen LogP contribution in [-0.4, -0.2) is 11.1 Å². The second-order valence-corrected chi connectivity index (χ2v) is 2.73. The second-order valence-electron chi connectivity index (χ2n) is 2.73. The van der Waals surface area contributed by atoms with Gasteiger partial charge in [0.2, 0.25) is 0 Å². The van der Waals surface area contributed by atoms with E-state index in [-0.39, 0.29) is 0 Å². The summed E-state index contributed by atoms with van der Waals surface area (Å²) in [4.78, 5) is 8.25. The minimum Gasteiger partial charge on any atom is -0.356 e. The molecule has 0 amide bonds. The minimum absolute atomic E-state index is 0.786. The average Bonchev–Trinajstić information content (AvgIpc) is 1.87. The van der Waals surface area contributed by atoms with Gasteiger partial charge in [0.05, 0.1) is 11.1 Å². The molecule has 5 heteroatoms. The Balaban J connectivity index is 0.000000218. The maximum absolute atomic E-state index is 8.25. The molecule has 0 atom stereocenters.